The van der Waals surface area contributed by atoms with Crippen molar-refractivity contribution in [2.45, 2.75) is 30.1 Å². The van der Waals surface area contributed by atoms with E-state index in [0.717, 1.165) is 6.54 Å². The molecule has 0 saturated carbocycles. The van der Waals surface area contributed by atoms with Crippen LogP contribution < -0.4 is 10.6 Å². The fourth-order valence-electron chi connectivity index (χ4n) is 3.75. The maximum absolute atomic E-state index is 12.9. The van der Waals surface area contributed by atoms with Crippen LogP contribution >= 0.6 is 11.3 Å². The molecule has 2 aliphatic rings. The highest BCUT2D eigenvalue weighted by Gasteiger charge is 2.36. The van der Waals surface area contributed by atoms with E-state index in [1.54, 1.807) is 0 Å². The number of thiophene rings is 1. The fourth-order valence-corrected chi connectivity index (χ4v) is 6.50. The lowest BCUT2D eigenvalue weighted by molar-refractivity contribution is -0.380. The molecule has 2 aliphatic heterocycles. The Morgan fingerprint density at radius 1 is 1.32 bits per heavy atom. The molecule has 0 aliphatic carbocycles. The second-order valence-electron chi connectivity index (χ2n) is 7.34. The van der Waals surface area contributed by atoms with Gasteiger partial charge in [-0.15, -0.1) is 0 Å². The van der Waals surface area contributed by atoms with Crippen LogP contribution in [0, 0.1) is 16.0 Å². The number of hydrogen-bond donors (Lipinski definition) is 2. The predicted octanol–water partition coefficient (Wildman–Crippen LogP) is 0.0752. The van der Waals surface area contributed by atoms with Crippen molar-refractivity contribution in [1.82, 2.24) is 19.8 Å². The first-order valence-corrected chi connectivity index (χ1v) is 11.5. The lowest BCUT2D eigenvalue weighted by Gasteiger charge is -2.41. The number of piperazine rings is 2. The molecule has 28 heavy (non-hydrogen) atoms. The second kappa shape index (κ2) is 8.41. The number of carbonyl (C=O) groups is 1. The first-order chi connectivity index (χ1) is 13.2. The van der Waals surface area contributed by atoms with Crippen molar-refractivity contribution in [3.05, 3.63) is 22.2 Å². The van der Waals surface area contributed by atoms with Gasteiger partial charge in [-0.3, -0.25) is 19.8 Å². The highest BCUT2D eigenvalue weighted by atomic mass is 32.2. The van der Waals surface area contributed by atoms with Crippen LogP contribution in [0.25, 0.3) is 0 Å². The molecule has 1 aromatic rings. The summed E-state index contributed by atoms with van der Waals surface area (Å²) in [6.45, 7) is 6.91. The molecule has 0 aromatic carbocycles. The van der Waals surface area contributed by atoms with Gasteiger partial charge in [0, 0.05) is 51.4 Å². The van der Waals surface area contributed by atoms with Crippen molar-refractivity contribution >= 4 is 32.3 Å². The summed E-state index contributed by atoms with van der Waals surface area (Å²) in [4.78, 5) is 24.6. The van der Waals surface area contributed by atoms with Crippen LogP contribution in [0.1, 0.15) is 13.8 Å². The van der Waals surface area contributed by atoms with Crippen LogP contribution in [0.4, 0.5) is 5.00 Å². The predicted molar refractivity (Wildman–Crippen MR) is 105 cm³/mol. The summed E-state index contributed by atoms with van der Waals surface area (Å²) in [7, 11) is -3.78. The molecule has 0 bridgehead atoms. The van der Waals surface area contributed by atoms with Gasteiger partial charge < -0.3 is 10.6 Å². The van der Waals surface area contributed by atoms with Crippen LogP contribution in [0.5, 0.6) is 0 Å². The van der Waals surface area contributed by atoms with Crippen molar-refractivity contribution < 1.29 is 18.1 Å². The van der Waals surface area contributed by atoms with E-state index in [9.17, 15) is 23.3 Å². The molecule has 3 heterocycles. The molecule has 0 spiro atoms. The van der Waals surface area contributed by atoms with E-state index in [2.05, 4.69) is 15.5 Å². The van der Waals surface area contributed by atoms with Gasteiger partial charge in [-0.05, 0) is 23.3 Å². The number of nitrogens with one attached hydrogen (secondary N) is 2. The Bertz CT molecular complexity index is 840. The summed E-state index contributed by atoms with van der Waals surface area (Å²) < 4.78 is 27.1. The van der Waals surface area contributed by atoms with Crippen molar-refractivity contribution in [3.63, 3.8) is 0 Å². The summed E-state index contributed by atoms with van der Waals surface area (Å²) in [5.41, 5.74) is 0. The topological polar surface area (TPSA) is 125 Å². The summed E-state index contributed by atoms with van der Waals surface area (Å²) >= 11 is 0.671. The van der Waals surface area contributed by atoms with Crippen LogP contribution in [-0.2, 0) is 14.8 Å². The first kappa shape index (κ1) is 21.1. The second-order valence-corrected chi connectivity index (χ2v) is 10.6. The van der Waals surface area contributed by atoms with Crippen LogP contribution in [0.15, 0.2) is 16.3 Å². The van der Waals surface area contributed by atoms with Gasteiger partial charge in [0.2, 0.25) is 5.91 Å². The normalized spacial score (nSPS) is 25.0. The third-order valence-electron chi connectivity index (χ3n) is 5.01. The smallest absolute Gasteiger partial charge is 0.325 e. The minimum absolute atomic E-state index is 0.00688. The Balaban J connectivity index is 1.71. The Labute approximate surface area is 168 Å². The number of amides is 1. The molecule has 3 rings (SSSR count). The van der Waals surface area contributed by atoms with Gasteiger partial charge in [0.25, 0.3) is 10.0 Å². The summed E-state index contributed by atoms with van der Waals surface area (Å²) in [6.07, 6.45) is 0. The van der Waals surface area contributed by atoms with E-state index in [1.165, 1.54) is 16.4 Å². The Morgan fingerprint density at radius 2 is 2.07 bits per heavy atom. The average Bonchev–Trinajstić information content (AvgIpc) is 3.13. The third kappa shape index (κ3) is 4.35. The van der Waals surface area contributed by atoms with Gasteiger partial charge >= 0.3 is 5.00 Å². The molecule has 2 saturated heterocycles. The van der Waals surface area contributed by atoms with Crippen molar-refractivity contribution in [2.24, 2.45) is 5.92 Å². The minimum Gasteiger partial charge on any atom is -0.353 e. The molecular formula is C16H25N5O5S2. The minimum atomic E-state index is -3.78. The van der Waals surface area contributed by atoms with Gasteiger partial charge in [-0.1, -0.05) is 13.8 Å². The number of nitro groups is 1. The molecule has 0 radical (unpaired) electrons. The van der Waals surface area contributed by atoms with Crippen molar-refractivity contribution in [1.29, 1.82) is 0 Å². The van der Waals surface area contributed by atoms with Gasteiger partial charge in [0.15, 0.2) is 0 Å². The molecule has 156 valence electrons. The van der Waals surface area contributed by atoms with Gasteiger partial charge in [-0.2, -0.15) is 4.31 Å². The highest BCUT2D eigenvalue weighted by Crippen LogP contribution is 2.30. The first-order valence-electron chi connectivity index (χ1n) is 9.19. The number of sulfonamides is 1. The lowest BCUT2D eigenvalue weighted by Crippen LogP contribution is -2.62. The standard InChI is InChI=1S/C16H25N5O5S2/c1-11(2)15-16(22)18-5-7-19(15)9-12-10-20(8-6-17-12)28(25,26)14-4-3-13(27-14)21(23)24/h3-4,11-12,15,17H,5-10H2,1-2H3,(H,18,22)/t12-,15?/m0/s1. The van der Waals surface area contributed by atoms with Crippen LogP contribution in [0.2, 0.25) is 0 Å². The molecular weight excluding hydrogens is 406 g/mol. The number of nitrogens with zero attached hydrogens (tertiary/aromatic N) is 3. The van der Waals surface area contributed by atoms with Crippen molar-refractivity contribution in [3.8, 4) is 0 Å². The van der Waals surface area contributed by atoms with Crippen LogP contribution in [0.3, 0.4) is 0 Å². The Hall–Kier alpha value is -1.60. The van der Waals surface area contributed by atoms with Gasteiger partial charge in [0.1, 0.15) is 4.21 Å². The maximum Gasteiger partial charge on any atom is 0.325 e. The van der Waals surface area contributed by atoms with E-state index >= 15 is 0 Å². The van der Waals surface area contributed by atoms with Crippen LogP contribution in [-0.4, -0.2) is 79.8 Å². The number of carbonyl (C=O) groups excluding carboxylic acids is 1. The molecule has 1 unspecified atom stereocenters. The molecule has 10 nitrogen and oxygen atoms in total. The summed E-state index contributed by atoms with van der Waals surface area (Å²) in [5.74, 6) is 0.155. The van der Waals surface area contributed by atoms with E-state index < -0.39 is 14.9 Å². The van der Waals surface area contributed by atoms with E-state index in [-0.39, 0.29) is 39.7 Å². The third-order valence-corrected chi connectivity index (χ3v) is 8.38. The molecule has 2 atom stereocenters. The fraction of sp³-hybridized carbons (Fsp3) is 0.688. The van der Waals surface area contributed by atoms with E-state index in [1.807, 2.05) is 13.8 Å². The quantitative estimate of drug-likeness (QED) is 0.482. The Morgan fingerprint density at radius 3 is 2.71 bits per heavy atom. The zero-order valence-electron chi connectivity index (χ0n) is 15.8. The van der Waals surface area contributed by atoms with E-state index in [4.69, 9.17) is 0 Å². The Kier molecular flexibility index (Phi) is 6.34. The zero-order valence-corrected chi connectivity index (χ0v) is 17.5. The van der Waals surface area contributed by atoms with Gasteiger partial charge in [0.05, 0.1) is 11.0 Å². The SMILES string of the molecule is CC(C)C1C(=O)NCCN1C[C@H]1CN(S(=O)(=O)c2ccc([N+](=O)[O-])s2)CCN1. The molecule has 1 aromatic heterocycles. The zero-order chi connectivity index (χ0) is 20.5. The monoisotopic (exact) mass is 431 g/mol. The molecule has 12 heteroatoms. The maximum atomic E-state index is 12.9. The molecule has 1 amide bonds. The number of rotatable bonds is 6. The summed E-state index contributed by atoms with van der Waals surface area (Å²) in [6, 6.07) is 2.16. The summed E-state index contributed by atoms with van der Waals surface area (Å²) in [5, 5.41) is 16.9. The lowest BCUT2D eigenvalue weighted by atomic mass is 9.99. The molecule has 2 N–H and O–H groups in total. The van der Waals surface area contributed by atoms with Gasteiger partial charge in [-0.25, -0.2) is 8.42 Å². The number of hydrogen-bond acceptors (Lipinski definition) is 8. The largest absolute Gasteiger partial charge is 0.353 e. The molecule has 2 fully saturated rings. The average molecular weight is 432 g/mol. The highest BCUT2D eigenvalue weighted by molar-refractivity contribution is 7.91. The van der Waals surface area contributed by atoms with E-state index in [0.29, 0.717) is 37.5 Å². The van der Waals surface area contributed by atoms with Crippen molar-refractivity contribution in [2.75, 3.05) is 39.3 Å².